The molecular formula is C17H27N. The molecule has 1 N–H and O–H groups in total. The molecule has 0 saturated heterocycles. The summed E-state index contributed by atoms with van der Waals surface area (Å²) < 4.78 is 0. The molecule has 1 fully saturated rings. The standard InChI is InChI=1S/C17H27N/c1-3-14-10-12-16(13-11-14)17(18-4-2)15-8-6-5-7-9-15/h5-9,14,16-18H,3-4,10-13H2,1-2H3. The molecule has 1 aliphatic carbocycles. The van der Waals surface area contributed by atoms with E-state index in [0.717, 1.165) is 18.4 Å². The highest BCUT2D eigenvalue weighted by atomic mass is 14.9. The Morgan fingerprint density at radius 3 is 2.28 bits per heavy atom. The Morgan fingerprint density at radius 1 is 1.06 bits per heavy atom. The molecule has 100 valence electrons. The van der Waals surface area contributed by atoms with Crippen LogP contribution in [0.15, 0.2) is 30.3 Å². The maximum absolute atomic E-state index is 3.70. The largest absolute Gasteiger partial charge is 0.310 e. The van der Waals surface area contributed by atoms with E-state index in [0.29, 0.717) is 6.04 Å². The summed E-state index contributed by atoms with van der Waals surface area (Å²) in [4.78, 5) is 0. The Bertz CT molecular complexity index is 325. The topological polar surface area (TPSA) is 12.0 Å². The molecule has 2 rings (SSSR count). The minimum absolute atomic E-state index is 0.564. The summed E-state index contributed by atoms with van der Waals surface area (Å²) in [5.41, 5.74) is 1.47. The molecule has 1 aromatic rings. The summed E-state index contributed by atoms with van der Waals surface area (Å²) in [6, 6.07) is 11.6. The van der Waals surface area contributed by atoms with E-state index < -0.39 is 0 Å². The lowest BCUT2D eigenvalue weighted by atomic mass is 9.76. The van der Waals surface area contributed by atoms with E-state index >= 15 is 0 Å². The van der Waals surface area contributed by atoms with Crippen molar-refractivity contribution in [1.29, 1.82) is 0 Å². The fourth-order valence-electron chi connectivity index (χ4n) is 3.37. The number of hydrogen-bond donors (Lipinski definition) is 1. The molecule has 1 aliphatic rings. The predicted molar refractivity (Wildman–Crippen MR) is 78.6 cm³/mol. The van der Waals surface area contributed by atoms with Crippen molar-refractivity contribution >= 4 is 0 Å². The molecule has 0 spiro atoms. The van der Waals surface area contributed by atoms with E-state index in [9.17, 15) is 0 Å². The quantitative estimate of drug-likeness (QED) is 0.802. The van der Waals surface area contributed by atoms with Crippen LogP contribution in [0.1, 0.15) is 57.6 Å². The summed E-state index contributed by atoms with van der Waals surface area (Å²) in [5, 5.41) is 3.70. The number of nitrogens with one attached hydrogen (secondary N) is 1. The van der Waals surface area contributed by atoms with Gasteiger partial charge in [0.05, 0.1) is 0 Å². The van der Waals surface area contributed by atoms with Gasteiger partial charge < -0.3 is 5.32 Å². The molecule has 1 nitrogen and oxygen atoms in total. The lowest BCUT2D eigenvalue weighted by Gasteiger charge is -2.34. The van der Waals surface area contributed by atoms with Crippen molar-refractivity contribution in [1.82, 2.24) is 5.32 Å². The normalized spacial score (nSPS) is 25.9. The first-order chi connectivity index (χ1) is 8.85. The van der Waals surface area contributed by atoms with Crippen LogP contribution in [0.4, 0.5) is 0 Å². The third-order valence-electron chi connectivity index (χ3n) is 4.52. The average Bonchev–Trinajstić information content (AvgIpc) is 2.46. The van der Waals surface area contributed by atoms with Crippen LogP contribution in [0, 0.1) is 11.8 Å². The van der Waals surface area contributed by atoms with E-state index in [4.69, 9.17) is 0 Å². The van der Waals surface area contributed by atoms with Crippen LogP contribution in [-0.4, -0.2) is 6.54 Å². The Labute approximate surface area is 112 Å². The van der Waals surface area contributed by atoms with Crippen LogP contribution in [0.3, 0.4) is 0 Å². The molecule has 0 radical (unpaired) electrons. The Balaban J connectivity index is 2.02. The second-order valence-corrected chi connectivity index (χ2v) is 5.64. The van der Waals surface area contributed by atoms with Gasteiger partial charge in [-0.05, 0) is 36.8 Å². The van der Waals surface area contributed by atoms with Crippen LogP contribution >= 0.6 is 0 Å². The maximum Gasteiger partial charge on any atom is 0.0348 e. The zero-order chi connectivity index (χ0) is 12.8. The lowest BCUT2D eigenvalue weighted by Crippen LogP contribution is -2.30. The highest BCUT2D eigenvalue weighted by Gasteiger charge is 2.27. The average molecular weight is 245 g/mol. The van der Waals surface area contributed by atoms with Gasteiger partial charge in [0.1, 0.15) is 0 Å². The van der Waals surface area contributed by atoms with Crippen molar-refractivity contribution in [2.24, 2.45) is 11.8 Å². The Morgan fingerprint density at radius 2 is 1.72 bits per heavy atom. The monoisotopic (exact) mass is 245 g/mol. The highest BCUT2D eigenvalue weighted by Crippen LogP contribution is 2.37. The maximum atomic E-state index is 3.70. The second-order valence-electron chi connectivity index (χ2n) is 5.64. The van der Waals surface area contributed by atoms with E-state index in [-0.39, 0.29) is 0 Å². The molecule has 1 atom stereocenters. The van der Waals surface area contributed by atoms with E-state index in [1.165, 1.54) is 37.7 Å². The summed E-state index contributed by atoms with van der Waals surface area (Å²) in [5.74, 6) is 1.81. The van der Waals surface area contributed by atoms with Crippen LogP contribution in [0.25, 0.3) is 0 Å². The first-order valence-electron chi connectivity index (χ1n) is 7.63. The molecule has 0 aliphatic heterocycles. The van der Waals surface area contributed by atoms with Gasteiger partial charge in [0, 0.05) is 6.04 Å². The molecule has 1 heteroatoms. The minimum Gasteiger partial charge on any atom is -0.310 e. The first-order valence-corrected chi connectivity index (χ1v) is 7.63. The first kappa shape index (κ1) is 13.6. The van der Waals surface area contributed by atoms with E-state index in [1.54, 1.807) is 0 Å². The van der Waals surface area contributed by atoms with Crippen LogP contribution in [0.5, 0.6) is 0 Å². The van der Waals surface area contributed by atoms with Crippen molar-refractivity contribution in [2.75, 3.05) is 6.54 Å². The van der Waals surface area contributed by atoms with Gasteiger partial charge in [0.2, 0.25) is 0 Å². The zero-order valence-electron chi connectivity index (χ0n) is 11.9. The summed E-state index contributed by atoms with van der Waals surface area (Å²) >= 11 is 0. The molecule has 0 bridgehead atoms. The van der Waals surface area contributed by atoms with Gasteiger partial charge in [-0.25, -0.2) is 0 Å². The minimum atomic E-state index is 0.564. The predicted octanol–water partition coefficient (Wildman–Crippen LogP) is 4.55. The summed E-state index contributed by atoms with van der Waals surface area (Å²) in [6.45, 7) is 5.62. The van der Waals surface area contributed by atoms with Gasteiger partial charge in [-0.2, -0.15) is 0 Å². The molecule has 1 saturated carbocycles. The highest BCUT2D eigenvalue weighted by molar-refractivity contribution is 5.19. The summed E-state index contributed by atoms with van der Waals surface area (Å²) in [6.07, 6.45) is 7.01. The zero-order valence-corrected chi connectivity index (χ0v) is 11.9. The Hall–Kier alpha value is -0.820. The molecule has 1 unspecified atom stereocenters. The Kier molecular flexibility index (Phi) is 5.25. The van der Waals surface area contributed by atoms with Crippen molar-refractivity contribution in [3.8, 4) is 0 Å². The second kappa shape index (κ2) is 6.94. The molecule has 1 aromatic carbocycles. The fraction of sp³-hybridized carbons (Fsp3) is 0.647. The number of benzene rings is 1. The molecule has 0 heterocycles. The van der Waals surface area contributed by atoms with Gasteiger partial charge in [-0.1, -0.05) is 63.4 Å². The van der Waals surface area contributed by atoms with Crippen molar-refractivity contribution in [2.45, 2.75) is 52.0 Å². The molecular weight excluding hydrogens is 218 g/mol. The van der Waals surface area contributed by atoms with Gasteiger partial charge in [0.25, 0.3) is 0 Å². The SMILES string of the molecule is CCNC(c1ccccc1)C1CCC(CC)CC1. The van der Waals surface area contributed by atoms with Gasteiger partial charge in [-0.15, -0.1) is 0 Å². The van der Waals surface area contributed by atoms with Crippen LogP contribution in [0.2, 0.25) is 0 Å². The van der Waals surface area contributed by atoms with Crippen molar-refractivity contribution < 1.29 is 0 Å². The smallest absolute Gasteiger partial charge is 0.0348 e. The van der Waals surface area contributed by atoms with Crippen LogP contribution in [-0.2, 0) is 0 Å². The van der Waals surface area contributed by atoms with E-state index in [2.05, 4.69) is 49.5 Å². The number of hydrogen-bond acceptors (Lipinski definition) is 1. The third kappa shape index (κ3) is 3.35. The summed E-state index contributed by atoms with van der Waals surface area (Å²) in [7, 11) is 0. The third-order valence-corrected chi connectivity index (χ3v) is 4.52. The van der Waals surface area contributed by atoms with Gasteiger partial charge in [0.15, 0.2) is 0 Å². The molecule has 18 heavy (non-hydrogen) atoms. The van der Waals surface area contributed by atoms with Crippen LogP contribution < -0.4 is 5.32 Å². The molecule has 0 amide bonds. The van der Waals surface area contributed by atoms with Gasteiger partial charge in [-0.3, -0.25) is 0 Å². The van der Waals surface area contributed by atoms with Crippen molar-refractivity contribution in [3.63, 3.8) is 0 Å². The molecule has 0 aromatic heterocycles. The van der Waals surface area contributed by atoms with Gasteiger partial charge >= 0.3 is 0 Å². The fourth-order valence-corrected chi connectivity index (χ4v) is 3.37. The van der Waals surface area contributed by atoms with Crippen molar-refractivity contribution in [3.05, 3.63) is 35.9 Å². The number of rotatable bonds is 5. The van der Waals surface area contributed by atoms with E-state index in [1.807, 2.05) is 0 Å². The lowest BCUT2D eigenvalue weighted by molar-refractivity contribution is 0.220.